The van der Waals surface area contributed by atoms with Crippen LogP contribution in [0.25, 0.3) is 0 Å². The van der Waals surface area contributed by atoms with Gasteiger partial charge in [0, 0.05) is 29.8 Å². The molecule has 0 unspecified atom stereocenters. The van der Waals surface area contributed by atoms with E-state index < -0.39 is 9.84 Å². The number of rotatable bonds is 4. The minimum absolute atomic E-state index is 0.0910. The maximum absolute atomic E-state index is 12.3. The summed E-state index contributed by atoms with van der Waals surface area (Å²) in [5.74, 6) is 0.0662. The molecular weight excluding hydrogens is 430 g/mol. The Bertz CT molecular complexity index is 929. The maximum atomic E-state index is 12.3. The molecular formula is C20H26ClN3O3S2. The number of hydrogen-bond donors (Lipinski definition) is 0. The van der Waals surface area contributed by atoms with Gasteiger partial charge in [0.15, 0.2) is 15.0 Å². The van der Waals surface area contributed by atoms with Gasteiger partial charge in [-0.2, -0.15) is 4.99 Å². The van der Waals surface area contributed by atoms with Gasteiger partial charge in [0.1, 0.15) is 0 Å². The first-order valence-corrected chi connectivity index (χ1v) is 13.3. The van der Waals surface area contributed by atoms with Crippen molar-refractivity contribution >= 4 is 55.6 Å². The number of nitrogens with zero attached hydrogens (tertiary/aromatic N) is 3. The fraction of sp³-hybridized carbons (Fsp3) is 0.600. The van der Waals surface area contributed by atoms with Gasteiger partial charge in [0.25, 0.3) is 0 Å². The van der Waals surface area contributed by atoms with Crippen LogP contribution in [0.3, 0.4) is 0 Å². The van der Waals surface area contributed by atoms with Crippen LogP contribution in [0.1, 0.15) is 39.0 Å². The predicted molar refractivity (Wildman–Crippen MR) is 121 cm³/mol. The summed E-state index contributed by atoms with van der Waals surface area (Å²) in [5, 5.41) is 1.17. The van der Waals surface area contributed by atoms with E-state index >= 15 is 0 Å². The number of benzene rings is 1. The molecule has 158 valence electrons. The lowest BCUT2D eigenvalue weighted by atomic mass is 10.1. The van der Waals surface area contributed by atoms with Crippen LogP contribution in [0.5, 0.6) is 0 Å². The highest BCUT2D eigenvalue weighted by Gasteiger charge is 2.50. The molecule has 3 aliphatic rings. The van der Waals surface area contributed by atoms with Gasteiger partial charge >= 0.3 is 0 Å². The van der Waals surface area contributed by atoms with Gasteiger partial charge in [-0.1, -0.05) is 30.3 Å². The second-order valence-corrected chi connectivity index (χ2v) is 11.7. The van der Waals surface area contributed by atoms with E-state index in [0.29, 0.717) is 16.6 Å². The van der Waals surface area contributed by atoms with Crippen LogP contribution in [0.4, 0.5) is 11.4 Å². The highest BCUT2D eigenvalue weighted by molar-refractivity contribution is 8.16. The van der Waals surface area contributed by atoms with E-state index in [1.54, 1.807) is 0 Å². The topological polar surface area (TPSA) is 70.0 Å². The van der Waals surface area contributed by atoms with Gasteiger partial charge in [-0.25, -0.2) is 8.42 Å². The monoisotopic (exact) mass is 455 g/mol. The molecule has 6 nitrogen and oxygen atoms in total. The molecule has 3 saturated heterocycles. The number of piperidine rings is 1. The van der Waals surface area contributed by atoms with Crippen LogP contribution in [-0.4, -0.2) is 55.4 Å². The van der Waals surface area contributed by atoms with Crippen molar-refractivity contribution in [2.75, 3.05) is 34.4 Å². The maximum Gasteiger partial charge on any atom is 0.248 e. The first-order valence-electron chi connectivity index (χ1n) is 10.2. The zero-order valence-electron chi connectivity index (χ0n) is 16.5. The second kappa shape index (κ2) is 8.47. The third-order valence-corrected chi connectivity index (χ3v) is 9.09. The van der Waals surface area contributed by atoms with Crippen LogP contribution in [0.2, 0.25) is 5.02 Å². The van der Waals surface area contributed by atoms with Crippen LogP contribution >= 0.6 is 23.4 Å². The zero-order valence-corrected chi connectivity index (χ0v) is 18.9. The number of aliphatic imine (C=N–C) groups is 1. The number of anilines is 2. The number of hydrogen-bond acceptors (Lipinski definition) is 5. The second-order valence-electron chi connectivity index (χ2n) is 7.89. The summed E-state index contributed by atoms with van der Waals surface area (Å²) in [6.45, 7) is 3.84. The molecule has 1 aromatic rings. The summed E-state index contributed by atoms with van der Waals surface area (Å²) in [5.41, 5.74) is 1.90. The van der Waals surface area contributed by atoms with E-state index in [2.05, 4.69) is 9.89 Å². The number of halogens is 1. The first kappa shape index (κ1) is 21.0. The number of amidine groups is 1. The predicted octanol–water partition coefficient (Wildman–Crippen LogP) is 3.73. The van der Waals surface area contributed by atoms with Gasteiger partial charge in [0.2, 0.25) is 5.91 Å². The van der Waals surface area contributed by atoms with Crippen molar-refractivity contribution in [2.24, 2.45) is 4.99 Å². The molecule has 2 atom stereocenters. The average Bonchev–Trinajstić information content (AvgIpc) is 3.13. The number of amides is 1. The third kappa shape index (κ3) is 4.44. The van der Waals surface area contributed by atoms with E-state index in [-0.39, 0.29) is 28.7 Å². The minimum atomic E-state index is -3.10. The van der Waals surface area contributed by atoms with Gasteiger partial charge in [-0.15, -0.1) is 0 Å². The van der Waals surface area contributed by atoms with Gasteiger partial charge in [-0.3, -0.25) is 4.79 Å². The van der Waals surface area contributed by atoms with Crippen molar-refractivity contribution in [1.29, 1.82) is 0 Å². The Hall–Kier alpha value is -1.25. The molecule has 0 N–H and O–H groups in total. The fourth-order valence-corrected chi connectivity index (χ4v) is 8.40. The smallest absolute Gasteiger partial charge is 0.248 e. The lowest BCUT2D eigenvalue weighted by Crippen LogP contribution is -2.39. The molecule has 0 aliphatic carbocycles. The van der Waals surface area contributed by atoms with Crippen molar-refractivity contribution in [2.45, 2.75) is 50.3 Å². The lowest BCUT2D eigenvalue weighted by Gasteiger charge is -2.34. The SMILES string of the molecule is CCCC(=O)N=C1S[C@@H]2CS(=O)(=O)C[C@H]2N1c1ccc(Cl)cc1N1CCCCC1. The average molecular weight is 456 g/mol. The summed E-state index contributed by atoms with van der Waals surface area (Å²) >= 11 is 7.76. The highest BCUT2D eigenvalue weighted by Crippen LogP contribution is 2.45. The van der Waals surface area contributed by atoms with E-state index in [4.69, 9.17) is 11.6 Å². The Morgan fingerprint density at radius 1 is 1.21 bits per heavy atom. The zero-order chi connectivity index (χ0) is 20.6. The fourth-order valence-electron chi connectivity index (χ4n) is 4.31. The molecule has 1 amide bonds. The number of fused-ring (bicyclic) bond motifs is 1. The summed E-state index contributed by atoms with van der Waals surface area (Å²) in [7, 11) is -3.10. The quantitative estimate of drug-likeness (QED) is 0.688. The van der Waals surface area contributed by atoms with Crippen LogP contribution < -0.4 is 9.80 Å². The lowest BCUT2D eigenvalue weighted by molar-refractivity contribution is -0.117. The van der Waals surface area contributed by atoms with E-state index in [0.717, 1.165) is 43.7 Å². The van der Waals surface area contributed by atoms with E-state index in [9.17, 15) is 13.2 Å². The van der Waals surface area contributed by atoms with Gasteiger partial charge in [0.05, 0.1) is 28.9 Å². The molecule has 1 aromatic carbocycles. The van der Waals surface area contributed by atoms with Crippen molar-refractivity contribution in [3.05, 3.63) is 23.2 Å². The minimum Gasteiger partial charge on any atom is -0.370 e. The number of thioether (sulfide) groups is 1. The van der Waals surface area contributed by atoms with Crippen molar-refractivity contribution in [1.82, 2.24) is 0 Å². The summed E-state index contributed by atoms with van der Waals surface area (Å²) < 4.78 is 24.6. The summed E-state index contributed by atoms with van der Waals surface area (Å²) in [6.07, 6.45) is 4.59. The molecule has 0 radical (unpaired) electrons. The van der Waals surface area contributed by atoms with E-state index in [1.165, 1.54) is 18.2 Å². The molecule has 3 aliphatic heterocycles. The standard InChI is InChI=1S/C20H26ClN3O3S2/c1-2-6-19(25)22-20-24(17-12-29(26,27)13-18(17)28-20)15-8-7-14(21)11-16(15)23-9-4-3-5-10-23/h7-8,11,17-18H,2-6,9-10,12-13H2,1H3/t17-,18-/m1/s1. The molecule has 3 fully saturated rings. The third-order valence-electron chi connectivity index (χ3n) is 5.64. The molecule has 3 heterocycles. The Balaban J connectivity index is 1.77. The summed E-state index contributed by atoms with van der Waals surface area (Å²) in [6, 6.07) is 5.52. The summed E-state index contributed by atoms with van der Waals surface area (Å²) in [4.78, 5) is 21.0. The van der Waals surface area contributed by atoms with Crippen LogP contribution in [0.15, 0.2) is 23.2 Å². The van der Waals surface area contributed by atoms with Crippen LogP contribution in [-0.2, 0) is 14.6 Å². The Morgan fingerprint density at radius 2 is 1.97 bits per heavy atom. The van der Waals surface area contributed by atoms with Crippen molar-refractivity contribution in [3.63, 3.8) is 0 Å². The van der Waals surface area contributed by atoms with Gasteiger partial charge < -0.3 is 9.80 Å². The van der Waals surface area contributed by atoms with Crippen molar-refractivity contribution in [3.8, 4) is 0 Å². The van der Waals surface area contributed by atoms with Gasteiger partial charge in [-0.05, 0) is 43.9 Å². The van der Waals surface area contributed by atoms with E-state index in [1.807, 2.05) is 30.0 Å². The Kier molecular flexibility index (Phi) is 6.14. The molecule has 4 rings (SSSR count). The van der Waals surface area contributed by atoms with Crippen LogP contribution in [0, 0.1) is 0 Å². The Labute approximate surface area is 181 Å². The normalized spacial score (nSPS) is 27.4. The molecule has 0 bridgehead atoms. The molecule has 29 heavy (non-hydrogen) atoms. The molecule has 0 spiro atoms. The molecule has 0 saturated carbocycles. The molecule has 0 aromatic heterocycles. The largest absolute Gasteiger partial charge is 0.370 e. The number of carbonyl (C=O) groups is 1. The Morgan fingerprint density at radius 3 is 2.69 bits per heavy atom. The highest BCUT2D eigenvalue weighted by atomic mass is 35.5. The first-order chi connectivity index (χ1) is 13.9. The van der Waals surface area contributed by atoms with Crippen molar-refractivity contribution < 1.29 is 13.2 Å². The molecule has 9 heteroatoms. The number of sulfone groups is 1. The number of carbonyl (C=O) groups excluding carboxylic acids is 1.